The van der Waals surface area contributed by atoms with Crippen LogP contribution in [0.4, 0.5) is 0 Å². The van der Waals surface area contributed by atoms with Gasteiger partial charge in [0.2, 0.25) is 0 Å². The molecule has 3 aliphatic rings. The van der Waals surface area contributed by atoms with Gasteiger partial charge in [-0.05, 0) is 38.5 Å². The molecule has 104 valence electrons. The van der Waals surface area contributed by atoms with Crippen molar-refractivity contribution in [3.05, 3.63) is 0 Å². The molecule has 2 nitrogen and oxygen atoms in total. The second-order valence-electron chi connectivity index (χ2n) is 7.22. The normalized spacial score (nSPS) is 41.3. The lowest BCUT2D eigenvalue weighted by Crippen LogP contribution is -2.65. The van der Waals surface area contributed by atoms with Crippen LogP contribution in [0.3, 0.4) is 0 Å². The van der Waals surface area contributed by atoms with E-state index in [1.54, 1.807) is 0 Å². The smallest absolute Gasteiger partial charge is 0.0309 e. The molecule has 0 bridgehead atoms. The molecule has 3 unspecified atom stereocenters. The summed E-state index contributed by atoms with van der Waals surface area (Å²) in [7, 11) is 0. The summed E-state index contributed by atoms with van der Waals surface area (Å²) in [5.74, 6) is 0.915. The molecule has 2 saturated carbocycles. The van der Waals surface area contributed by atoms with Crippen molar-refractivity contribution in [1.29, 1.82) is 0 Å². The van der Waals surface area contributed by atoms with Crippen LogP contribution < -0.4 is 5.32 Å². The van der Waals surface area contributed by atoms with Gasteiger partial charge >= 0.3 is 0 Å². The first kappa shape index (κ1) is 12.9. The third-order valence-electron chi connectivity index (χ3n) is 5.88. The second kappa shape index (κ2) is 5.13. The number of hydrogen-bond acceptors (Lipinski definition) is 2. The Bertz CT molecular complexity index is 283. The maximum Gasteiger partial charge on any atom is 0.0309 e. The summed E-state index contributed by atoms with van der Waals surface area (Å²) < 4.78 is 0. The molecule has 1 heterocycles. The van der Waals surface area contributed by atoms with Crippen LogP contribution in [0.1, 0.15) is 65.2 Å². The molecular formula is C16H30N2. The van der Waals surface area contributed by atoms with Crippen molar-refractivity contribution in [2.45, 2.75) is 82.8 Å². The Labute approximate surface area is 113 Å². The van der Waals surface area contributed by atoms with Crippen LogP contribution >= 0.6 is 0 Å². The van der Waals surface area contributed by atoms with Crippen LogP contribution in [-0.2, 0) is 0 Å². The summed E-state index contributed by atoms with van der Waals surface area (Å²) in [5, 5.41) is 3.89. The van der Waals surface area contributed by atoms with Crippen LogP contribution in [0.2, 0.25) is 0 Å². The lowest BCUT2D eigenvalue weighted by Gasteiger charge is -2.51. The Morgan fingerprint density at radius 2 is 1.72 bits per heavy atom. The van der Waals surface area contributed by atoms with E-state index in [9.17, 15) is 0 Å². The van der Waals surface area contributed by atoms with Gasteiger partial charge in [-0.3, -0.25) is 4.90 Å². The number of nitrogens with zero attached hydrogens (tertiary/aromatic N) is 1. The molecule has 1 saturated heterocycles. The van der Waals surface area contributed by atoms with Crippen LogP contribution in [-0.4, -0.2) is 35.6 Å². The van der Waals surface area contributed by atoms with Crippen LogP contribution in [0.25, 0.3) is 0 Å². The van der Waals surface area contributed by atoms with Crippen molar-refractivity contribution < 1.29 is 0 Å². The Hall–Kier alpha value is -0.0800. The number of piperazine rings is 1. The minimum absolute atomic E-state index is 0.490. The van der Waals surface area contributed by atoms with E-state index in [-0.39, 0.29) is 0 Å². The monoisotopic (exact) mass is 250 g/mol. The summed E-state index contributed by atoms with van der Waals surface area (Å²) >= 11 is 0. The van der Waals surface area contributed by atoms with E-state index < -0.39 is 0 Å². The Kier molecular flexibility index (Phi) is 3.68. The number of rotatable bonds is 1. The fraction of sp³-hybridized carbons (Fsp3) is 1.00. The molecule has 2 heteroatoms. The SMILES string of the molecule is CC1CCCCC1N1CC2(CCCC2)NCC1C. The van der Waals surface area contributed by atoms with Crippen molar-refractivity contribution in [3.63, 3.8) is 0 Å². The summed E-state index contributed by atoms with van der Waals surface area (Å²) in [6.45, 7) is 7.45. The summed E-state index contributed by atoms with van der Waals surface area (Å²) in [6.07, 6.45) is 11.5. The minimum atomic E-state index is 0.490. The highest BCUT2D eigenvalue weighted by Gasteiger charge is 2.43. The first-order valence-electron chi connectivity index (χ1n) is 8.21. The highest BCUT2D eigenvalue weighted by molar-refractivity contribution is 5.02. The average molecular weight is 250 g/mol. The van der Waals surface area contributed by atoms with E-state index in [1.807, 2.05) is 0 Å². The molecule has 0 aromatic carbocycles. The maximum absolute atomic E-state index is 3.89. The van der Waals surface area contributed by atoms with Crippen molar-refractivity contribution in [2.75, 3.05) is 13.1 Å². The molecule has 0 radical (unpaired) electrons. The zero-order valence-electron chi connectivity index (χ0n) is 12.3. The molecule has 3 rings (SSSR count). The van der Waals surface area contributed by atoms with E-state index in [1.165, 1.54) is 64.5 Å². The molecule has 3 atom stereocenters. The van der Waals surface area contributed by atoms with E-state index in [0.717, 1.165) is 18.0 Å². The number of hydrogen-bond donors (Lipinski definition) is 1. The first-order chi connectivity index (χ1) is 8.70. The van der Waals surface area contributed by atoms with Crippen molar-refractivity contribution in [2.24, 2.45) is 5.92 Å². The van der Waals surface area contributed by atoms with E-state index >= 15 is 0 Å². The van der Waals surface area contributed by atoms with Gasteiger partial charge in [0.25, 0.3) is 0 Å². The number of nitrogens with one attached hydrogen (secondary N) is 1. The predicted octanol–water partition coefficient (Wildman–Crippen LogP) is 3.17. The molecule has 1 aliphatic heterocycles. The van der Waals surface area contributed by atoms with E-state index in [2.05, 4.69) is 24.1 Å². The van der Waals surface area contributed by atoms with E-state index in [0.29, 0.717) is 5.54 Å². The third kappa shape index (κ3) is 2.34. The van der Waals surface area contributed by atoms with Gasteiger partial charge in [-0.1, -0.05) is 32.6 Å². The van der Waals surface area contributed by atoms with Gasteiger partial charge in [-0.25, -0.2) is 0 Å². The topological polar surface area (TPSA) is 15.3 Å². The first-order valence-corrected chi connectivity index (χ1v) is 8.21. The largest absolute Gasteiger partial charge is 0.308 e. The van der Waals surface area contributed by atoms with Gasteiger partial charge in [0.1, 0.15) is 0 Å². The summed E-state index contributed by atoms with van der Waals surface area (Å²) in [5.41, 5.74) is 0.490. The molecule has 1 spiro atoms. The standard InChI is InChI=1S/C16H30N2/c1-13-7-3-4-8-15(13)18-12-16(9-5-6-10-16)17-11-14(18)2/h13-15,17H,3-12H2,1-2H3. The Balaban J connectivity index is 1.72. The van der Waals surface area contributed by atoms with Gasteiger partial charge < -0.3 is 5.32 Å². The molecule has 0 amide bonds. The molecule has 0 aromatic rings. The maximum atomic E-state index is 3.89. The van der Waals surface area contributed by atoms with Gasteiger partial charge in [0, 0.05) is 30.7 Å². The third-order valence-corrected chi connectivity index (χ3v) is 5.88. The lowest BCUT2D eigenvalue weighted by molar-refractivity contribution is 0.0143. The fourth-order valence-electron chi connectivity index (χ4n) is 4.66. The van der Waals surface area contributed by atoms with Gasteiger partial charge in [-0.2, -0.15) is 0 Å². The van der Waals surface area contributed by atoms with Crippen LogP contribution in [0.15, 0.2) is 0 Å². The van der Waals surface area contributed by atoms with Crippen molar-refractivity contribution >= 4 is 0 Å². The zero-order chi connectivity index (χ0) is 12.6. The van der Waals surface area contributed by atoms with Gasteiger partial charge in [-0.15, -0.1) is 0 Å². The van der Waals surface area contributed by atoms with E-state index in [4.69, 9.17) is 0 Å². The van der Waals surface area contributed by atoms with Crippen molar-refractivity contribution in [1.82, 2.24) is 10.2 Å². The van der Waals surface area contributed by atoms with Crippen molar-refractivity contribution in [3.8, 4) is 0 Å². The quantitative estimate of drug-likeness (QED) is 0.769. The minimum Gasteiger partial charge on any atom is -0.308 e. The fourth-order valence-corrected chi connectivity index (χ4v) is 4.66. The Morgan fingerprint density at radius 1 is 1.00 bits per heavy atom. The highest BCUT2D eigenvalue weighted by atomic mass is 15.3. The van der Waals surface area contributed by atoms with Crippen LogP contribution in [0, 0.1) is 5.92 Å². The molecule has 2 aliphatic carbocycles. The molecule has 0 aromatic heterocycles. The molecule has 18 heavy (non-hydrogen) atoms. The zero-order valence-corrected chi connectivity index (χ0v) is 12.3. The highest BCUT2D eigenvalue weighted by Crippen LogP contribution is 2.37. The second-order valence-corrected chi connectivity index (χ2v) is 7.22. The molecule has 1 N–H and O–H groups in total. The molecular weight excluding hydrogens is 220 g/mol. The van der Waals surface area contributed by atoms with Crippen LogP contribution in [0.5, 0.6) is 0 Å². The average Bonchev–Trinajstić information content (AvgIpc) is 2.82. The van der Waals surface area contributed by atoms with Gasteiger partial charge in [0.05, 0.1) is 0 Å². The summed E-state index contributed by atoms with van der Waals surface area (Å²) in [6, 6.07) is 1.61. The van der Waals surface area contributed by atoms with Gasteiger partial charge in [0.15, 0.2) is 0 Å². The Morgan fingerprint density at radius 3 is 2.44 bits per heavy atom. The lowest BCUT2D eigenvalue weighted by atomic mass is 9.82. The molecule has 3 fully saturated rings. The predicted molar refractivity (Wildman–Crippen MR) is 76.8 cm³/mol. The summed E-state index contributed by atoms with van der Waals surface area (Å²) in [4.78, 5) is 2.88.